The molecule has 2 aromatic carbocycles. The topological polar surface area (TPSA) is 72.8 Å². The third-order valence-electron chi connectivity index (χ3n) is 5.34. The van der Waals surface area contributed by atoms with E-state index in [-0.39, 0.29) is 23.9 Å². The molecule has 0 aliphatic carbocycles. The number of benzene rings is 2. The fourth-order valence-corrected chi connectivity index (χ4v) is 3.83. The first kappa shape index (κ1) is 25.7. The van der Waals surface area contributed by atoms with Crippen molar-refractivity contribution in [3.05, 3.63) is 57.6 Å². The normalized spacial score (nSPS) is 10.8. The van der Waals surface area contributed by atoms with Gasteiger partial charge in [0.25, 0.3) is 0 Å². The van der Waals surface area contributed by atoms with E-state index >= 15 is 0 Å². The van der Waals surface area contributed by atoms with E-state index in [0.29, 0.717) is 41.3 Å². The van der Waals surface area contributed by atoms with Gasteiger partial charge in [0.15, 0.2) is 5.78 Å². The second-order valence-corrected chi connectivity index (χ2v) is 8.25. The summed E-state index contributed by atoms with van der Waals surface area (Å²) in [7, 11) is 1.36. The Hall–Kier alpha value is -2.53. The van der Waals surface area contributed by atoms with Gasteiger partial charge in [-0.3, -0.25) is 9.59 Å². The van der Waals surface area contributed by atoms with Crippen LogP contribution in [-0.4, -0.2) is 30.6 Å². The van der Waals surface area contributed by atoms with Gasteiger partial charge in [0.1, 0.15) is 11.5 Å². The molecule has 1 N–H and O–H groups in total. The zero-order valence-corrected chi connectivity index (χ0v) is 20.0. The van der Waals surface area contributed by atoms with Crippen LogP contribution in [0, 0.1) is 0 Å². The molecular formula is C26H33ClO5. The Kier molecular flexibility index (Phi) is 10.5. The first-order valence-electron chi connectivity index (χ1n) is 11.3. The number of unbranched alkanes of at least 4 members (excludes halogenated alkanes) is 1. The number of rotatable bonds is 13. The van der Waals surface area contributed by atoms with Gasteiger partial charge in [0, 0.05) is 17.0 Å². The molecule has 174 valence electrons. The molecule has 0 heterocycles. The molecule has 0 unspecified atom stereocenters. The van der Waals surface area contributed by atoms with E-state index in [4.69, 9.17) is 16.3 Å². The number of halogens is 1. The second kappa shape index (κ2) is 13.1. The van der Waals surface area contributed by atoms with Crippen LogP contribution in [-0.2, 0) is 28.8 Å². The molecule has 0 bridgehead atoms. The van der Waals surface area contributed by atoms with E-state index in [1.165, 1.54) is 7.11 Å². The van der Waals surface area contributed by atoms with Crippen LogP contribution in [0.15, 0.2) is 30.3 Å². The summed E-state index contributed by atoms with van der Waals surface area (Å²) in [6, 6.07) is 9.05. The fraction of sp³-hybridized carbons (Fsp3) is 0.462. The van der Waals surface area contributed by atoms with E-state index in [9.17, 15) is 14.7 Å². The molecule has 32 heavy (non-hydrogen) atoms. The van der Waals surface area contributed by atoms with Gasteiger partial charge in [0.2, 0.25) is 0 Å². The van der Waals surface area contributed by atoms with Crippen molar-refractivity contribution in [2.24, 2.45) is 0 Å². The molecule has 0 spiro atoms. The maximum absolute atomic E-state index is 12.4. The fourth-order valence-electron chi connectivity index (χ4n) is 3.53. The molecule has 0 saturated carbocycles. The zero-order chi connectivity index (χ0) is 23.5. The van der Waals surface area contributed by atoms with Crippen LogP contribution in [0.3, 0.4) is 0 Å². The minimum absolute atomic E-state index is 0.0291. The molecule has 0 saturated heterocycles. The molecule has 0 amide bonds. The van der Waals surface area contributed by atoms with Crippen molar-refractivity contribution < 1.29 is 24.2 Å². The minimum Gasteiger partial charge on any atom is -0.507 e. The maximum atomic E-state index is 12.4. The van der Waals surface area contributed by atoms with Crippen LogP contribution in [0.5, 0.6) is 11.5 Å². The summed E-state index contributed by atoms with van der Waals surface area (Å²) in [6.45, 7) is 4.52. The third-order valence-corrected chi connectivity index (χ3v) is 5.69. The average Bonchev–Trinajstić information content (AvgIpc) is 2.78. The van der Waals surface area contributed by atoms with Crippen molar-refractivity contribution in [3.63, 3.8) is 0 Å². The number of phenols is 1. The Morgan fingerprint density at radius 3 is 2.47 bits per heavy atom. The predicted octanol–water partition coefficient (Wildman–Crippen LogP) is 6.10. The first-order chi connectivity index (χ1) is 15.4. The number of phenolic OH excluding ortho intramolecular Hbond substituents is 1. The number of esters is 1. The van der Waals surface area contributed by atoms with Crippen molar-refractivity contribution in [2.75, 3.05) is 13.7 Å². The van der Waals surface area contributed by atoms with Crippen molar-refractivity contribution >= 4 is 23.4 Å². The lowest BCUT2D eigenvalue weighted by Gasteiger charge is -2.15. The molecule has 6 heteroatoms. The highest BCUT2D eigenvalue weighted by atomic mass is 35.5. The van der Waals surface area contributed by atoms with Gasteiger partial charge >= 0.3 is 5.97 Å². The molecular weight excluding hydrogens is 428 g/mol. The van der Waals surface area contributed by atoms with Crippen LogP contribution < -0.4 is 4.74 Å². The Bertz CT molecular complexity index is 923. The van der Waals surface area contributed by atoms with E-state index in [0.717, 1.165) is 43.2 Å². The van der Waals surface area contributed by atoms with Gasteiger partial charge in [-0.15, -0.1) is 0 Å². The number of Topliss-reactive ketones (excluding diaryl/α,β-unsaturated/α-hetero) is 1. The number of carbonyl (C=O) groups is 2. The highest BCUT2D eigenvalue weighted by Crippen LogP contribution is 2.34. The maximum Gasteiger partial charge on any atom is 0.309 e. The lowest BCUT2D eigenvalue weighted by molar-refractivity contribution is -0.139. The van der Waals surface area contributed by atoms with E-state index in [2.05, 4.69) is 4.74 Å². The summed E-state index contributed by atoms with van der Waals surface area (Å²) >= 11 is 6.36. The molecule has 0 aliphatic heterocycles. The largest absolute Gasteiger partial charge is 0.507 e. The molecule has 0 aliphatic rings. The Morgan fingerprint density at radius 1 is 1.03 bits per heavy atom. The van der Waals surface area contributed by atoms with E-state index in [1.54, 1.807) is 18.2 Å². The second-order valence-electron chi connectivity index (χ2n) is 7.85. The summed E-state index contributed by atoms with van der Waals surface area (Å²) < 4.78 is 10.6. The predicted molar refractivity (Wildman–Crippen MR) is 127 cm³/mol. The monoisotopic (exact) mass is 460 g/mol. The Labute approximate surface area is 195 Å². The first-order valence-corrected chi connectivity index (χ1v) is 11.6. The number of hydrogen-bond donors (Lipinski definition) is 1. The summed E-state index contributed by atoms with van der Waals surface area (Å²) in [6.07, 6.45) is 5.32. The van der Waals surface area contributed by atoms with Crippen molar-refractivity contribution in [3.8, 4) is 11.5 Å². The van der Waals surface area contributed by atoms with Crippen LogP contribution in [0.25, 0.3) is 0 Å². The SMILES string of the molecule is CCCCC(=O)c1ccc(OCCCc2ccc(CC(=O)OC)cc2Cl)c(CCC)c1O. The number of ketones is 1. The molecule has 5 nitrogen and oxygen atoms in total. The Balaban J connectivity index is 1.99. The van der Waals surface area contributed by atoms with Gasteiger partial charge in [-0.25, -0.2) is 0 Å². The summed E-state index contributed by atoms with van der Waals surface area (Å²) in [5.41, 5.74) is 2.88. The summed E-state index contributed by atoms with van der Waals surface area (Å²) in [5.74, 6) is 0.343. The Morgan fingerprint density at radius 2 is 1.81 bits per heavy atom. The number of aryl methyl sites for hydroxylation is 1. The number of carbonyl (C=O) groups excluding carboxylic acids is 2. The van der Waals surface area contributed by atoms with Crippen LogP contribution in [0.1, 0.15) is 73.0 Å². The third kappa shape index (κ3) is 7.27. The van der Waals surface area contributed by atoms with Gasteiger partial charge in [-0.1, -0.05) is 50.4 Å². The van der Waals surface area contributed by atoms with Crippen molar-refractivity contribution in [1.82, 2.24) is 0 Å². The van der Waals surface area contributed by atoms with Crippen LogP contribution in [0.2, 0.25) is 5.02 Å². The molecule has 2 aromatic rings. The number of aromatic hydroxyl groups is 1. The average molecular weight is 461 g/mol. The van der Waals surface area contributed by atoms with Gasteiger partial charge in [0.05, 0.1) is 25.7 Å². The quantitative estimate of drug-likeness (QED) is 0.222. The van der Waals surface area contributed by atoms with E-state index < -0.39 is 0 Å². The lowest BCUT2D eigenvalue weighted by Crippen LogP contribution is -2.06. The number of ether oxygens (including phenoxy) is 2. The van der Waals surface area contributed by atoms with Crippen LogP contribution in [0.4, 0.5) is 0 Å². The molecule has 0 atom stereocenters. The lowest BCUT2D eigenvalue weighted by atomic mass is 9.98. The molecule has 0 aromatic heterocycles. The molecule has 0 radical (unpaired) electrons. The number of hydrogen-bond acceptors (Lipinski definition) is 5. The smallest absolute Gasteiger partial charge is 0.309 e. The zero-order valence-electron chi connectivity index (χ0n) is 19.2. The minimum atomic E-state index is -0.300. The van der Waals surface area contributed by atoms with E-state index in [1.807, 2.05) is 26.0 Å². The number of methoxy groups -OCH3 is 1. The van der Waals surface area contributed by atoms with Crippen LogP contribution >= 0.6 is 11.6 Å². The van der Waals surface area contributed by atoms with Gasteiger partial charge in [-0.2, -0.15) is 0 Å². The van der Waals surface area contributed by atoms with Crippen molar-refractivity contribution in [2.45, 2.75) is 65.2 Å². The van der Waals surface area contributed by atoms with Gasteiger partial charge in [-0.05, 0) is 55.0 Å². The highest BCUT2D eigenvalue weighted by molar-refractivity contribution is 6.31. The summed E-state index contributed by atoms with van der Waals surface area (Å²) in [5, 5.41) is 11.3. The standard InChI is InChI=1S/C26H33ClO5/c1-4-6-10-23(28)20-13-14-24(21(8-5-2)26(20)30)32-15-7-9-19-12-11-18(16-22(19)27)17-25(29)31-3/h11-14,16,30H,4-10,15,17H2,1-3H3. The van der Waals surface area contributed by atoms with Gasteiger partial charge < -0.3 is 14.6 Å². The summed E-state index contributed by atoms with van der Waals surface area (Å²) in [4.78, 5) is 23.8. The molecule has 0 fully saturated rings. The highest BCUT2D eigenvalue weighted by Gasteiger charge is 2.18. The molecule has 2 rings (SSSR count). The van der Waals surface area contributed by atoms with Crippen molar-refractivity contribution in [1.29, 1.82) is 0 Å².